The molecule has 4 rings (SSSR count). The molecule has 1 aromatic heterocycles. The Labute approximate surface area is 163 Å². The monoisotopic (exact) mass is 368 g/mol. The van der Waals surface area contributed by atoms with E-state index >= 15 is 0 Å². The molecule has 5 heteroatoms. The molecule has 138 valence electrons. The van der Waals surface area contributed by atoms with E-state index < -0.39 is 0 Å². The van der Waals surface area contributed by atoms with Gasteiger partial charge in [0, 0.05) is 23.4 Å². The van der Waals surface area contributed by atoms with Gasteiger partial charge >= 0.3 is 0 Å². The Morgan fingerprint density at radius 2 is 1.89 bits per heavy atom. The van der Waals surface area contributed by atoms with Crippen molar-refractivity contribution >= 4 is 12.0 Å². The Bertz CT molecular complexity index is 1070. The average molecular weight is 368 g/mol. The number of nitrogens with one attached hydrogen (secondary N) is 1. The number of aromatic nitrogens is 2. The first-order valence-electron chi connectivity index (χ1n) is 9.29. The number of hydrogen-bond donors (Lipinski definition) is 1. The summed E-state index contributed by atoms with van der Waals surface area (Å²) in [7, 11) is 0. The number of aryl methyl sites for hydroxylation is 1. The van der Waals surface area contributed by atoms with E-state index in [1.54, 1.807) is 10.8 Å². The third-order valence-corrected chi connectivity index (χ3v) is 4.67. The summed E-state index contributed by atoms with van der Waals surface area (Å²) in [4.78, 5) is 12.4. The van der Waals surface area contributed by atoms with Crippen LogP contribution in [0.3, 0.4) is 0 Å². The fourth-order valence-electron chi connectivity index (χ4n) is 2.94. The Morgan fingerprint density at radius 3 is 2.54 bits per heavy atom. The van der Waals surface area contributed by atoms with E-state index in [-0.39, 0.29) is 17.5 Å². The molecule has 1 saturated carbocycles. The first-order valence-corrected chi connectivity index (χ1v) is 9.29. The van der Waals surface area contributed by atoms with Gasteiger partial charge in [-0.05, 0) is 38.0 Å². The molecule has 1 N–H and O–H groups in total. The molecule has 0 unspecified atom stereocenters. The van der Waals surface area contributed by atoms with Crippen molar-refractivity contribution in [3.05, 3.63) is 77.5 Å². The Morgan fingerprint density at radius 1 is 1.18 bits per heavy atom. The normalized spacial score (nSPS) is 13.8. The zero-order chi connectivity index (χ0) is 19.5. The summed E-state index contributed by atoms with van der Waals surface area (Å²) in [5.74, 6) is -0.327. The minimum atomic E-state index is -0.327. The fraction of sp³-hybridized carbons (Fsp3) is 0.174. The molecule has 0 aliphatic heterocycles. The van der Waals surface area contributed by atoms with Crippen LogP contribution in [-0.4, -0.2) is 21.7 Å². The predicted molar refractivity (Wildman–Crippen MR) is 108 cm³/mol. The topological polar surface area (TPSA) is 70.7 Å². The van der Waals surface area contributed by atoms with Crippen molar-refractivity contribution in [1.29, 1.82) is 5.26 Å². The van der Waals surface area contributed by atoms with Crippen molar-refractivity contribution < 1.29 is 4.79 Å². The van der Waals surface area contributed by atoms with Crippen LogP contribution < -0.4 is 5.32 Å². The van der Waals surface area contributed by atoms with Crippen LogP contribution in [0.4, 0.5) is 0 Å². The predicted octanol–water partition coefficient (Wildman–Crippen LogP) is 4.03. The van der Waals surface area contributed by atoms with E-state index in [2.05, 4.69) is 5.32 Å². The molecule has 3 aromatic rings. The van der Waals surface area contributed by atoms with Crippen molar-refractivity contribution in [2.45, 2.75) is 25.8 Å². The lowest BCUT2D eigenvalue weighted by molar-refractivity contribution is -0.117. The number of carbonyl (C=O) groups is 1. The van der Waals surface area contributed by atoms with Crippen LogP contribution in [0.25, 0.3) is 23.0 Å². The smallest absolute Gasteiger partial charge is 0.262 e. The molecular formula is C23H20N4O. The van der Waals surface area contributed by atoms with Crippen LogP contribution in [0.2, 0.25) is 0 Å². The van der Waals surface area contributed by atoms with Crippen LogP contribution in [0, 0.1) is 18.3 Å². The number of nitriles is 1. The van der Waals surface area contributed by atoms with Gasteiger partial charge in [0.25, 0.3) is 5.91 Å². The van der Waals surface area contributed by atoms with Gasteiger partial charge < -0.3 is 5.32 Å². The molecule has 1 heterocycles. The molecule has 5 nitrogen and oxygen atoms in total. The van der Waals surface area contributed by atoms with Crippen LogP contribution in [0.5, 0.6) is 0 Å². The van der Waals surface area contributed by atoms with Crippen LogP contribution >= 0.6 is 0 Å². The summed E-state index contributed by atoms with van der Waals surface area (Å²) >= 11 is 0. The maximum atomic E-state index is 12.4. The highest BCUT2D eigenvalue weighted by Gasteiger charge is 2.25. The third-order valence-electron chi connectivity index (χ3n) is 4.67. The minimum absolute atomic E-state index is 0.0906. The quantitative estimate of drug-likeness (QED) is 0.546. The zero-order valence-corrected chi connectivity index (χ0v) is 15.6. The lowest BCUT2D eigenvalue weighted by Gasteiger charge is -2.02. The Balaban J connectivity index is 1.78. The molecule has 1 aliphatic rings. The van der Waals surface area contributed by atoms with Gasteiger partial charge in [-0.3, -0.25) is 4.79 Å². The van der Waals surface area contributed by atoms with E-state index in [0.29, 0.717) is 0 Å². The van der Waals surface area contributed by atoms with Gasteiger partial charge in [0.1, 0.15) is 11.6 Å². The summed E-state index contributed by atoms with van der Waals surface area (Å²) in [5.41, 5.74) is 4.56. The van der Waals surface area contributed by atoms with E-state index in [1.807, 2.05) is 73.8 Å². The zero-order valence-electron chi connectivity index (χ0n) is 15.6. The van der Waals surface area contributed by atoms with E-state index in [0.717, 1.165) is 40.9 Å². The summed E-state index contributed by atoms with van der Waals surface area (Å²) < 4.78 is 1.77. The Kier molecular flexibility index (Phi) is 4.77. The van der Waals surface area contributed by atoms with Gasteiger partial charge in [-0.25, -0.2) is 4.68 Å². The molecule has 0 spiro atoms. The number of nitrogens with zero attached hydrogens (tertiary/aromatic N) is 3. The van der Waals surface area contributed by atoms with Crippen molar-refractivity contribution in [2.75, 3.05) is 0 Å². The maximum Gasteiger partial charge on any atom is 0.262 e. The molecule has 1 amide bonds. The van der Waals surface area contributed by atoms with Crippen molar-refractivity contribution in [1.82, 2.24) is 15.1 Å². The van der Waals surface area contributed by atoms with Gasteiger partial charge in [0.2, 0.25) is 0 Å². The second-order valence-electron chi connectivity index (χ2n) is 7.00. The summed E-state index contributed by atoms with van der Waals surface area (Å²) in [6.07, 6.45) is 5.43. The maximum absolute atomic E-state index is 12.4. The highest BCUT2D eigenvalue weighted by Crippen LogP contribution is 2.26. The molecule has 28 heavy (non-hydrogen) atoms. The van der Waals surface area contributed by atoms with Gasteiger partial charge in [0.05, 0.1) is 11.4 Å². The highest BCUT2D eigenvalue weighted by atomic mass is 16.1. The van der Waals surface area contributed by atoms with Crippen molar-refractivity contribution in [3.8, 4) is 23.0 Å². The second kappa shape index (κ2) is 7.53. The van der Waals surface area contributed by atoms with E-state index in [9.17, 15) is 10.1 Å². The molecule has 0 atom stereocenters. The van der Waals surface area contributed by atoms with E-state index in [4.69, 9.17) is 5.10 Å². The molecule has 2 aromatic carbocycles. The van der Waals surface area contributed by atoms with Gasteiger partial charge in [-0.2, -0.15) is 10.4 Å². The SMILES string of the molecule is Cc1ccc(-c2nn(-c3ccccc3)cc2/C=C(\C#N)C(=O)NC2CC2)cc1. The van der Waals surface area contributed by atoms with E-state index in [1.165, 1.54) is 0 Å². The number of benzene rings is 2. The number of amides is 1. The van der Waals surface area contributed by atoms with Gasteiger partial charge in [-0.15, -0.1) is 0 Å². The standard InChI is InChI=1S/C23H20N4O/c1-16-7-9-17(10-8-16)22-19(13-18(14-24)23(28)25-20-11-12-20)15-27(26-22)21-5-3-2-4-6-21/h2-10,13,15,20H,11-12H2,1H3,(H,25,28)/b18-13+. The second-order valence-corrected chi connectivity index (χ2v) is 7.00. The number of para-hydroxylation sites is 1. The molecule has 0 saturated heterocycles. The summed E-state index contributed by atoms with van der Waals surface area (Å²) in [6, 6.07) is 20.0. The van der Waals surface area contributed by atoms with Gasteiger partial charge in [-0.1, -0.05) is 48.0 Å². The van der Waals surface area contributed by atoms with Crippen LogP contribution in [0.15, 0.2) is 66.4 Å². The lowest BCUT2D eigenvalue weighted by Crippen LogP contribution is -2.26. The van der Waals surface area contributed by atoms with Crippen molar-refractivity contribution in [2.24, 2.45) is 0 Å². The fourth-order valence-corrected chi connectivity index (χ4v) is 2.94. The van der Waals surface area contributed by atoms with Crippen LogP contribution in [0.1, 0.15) is 24.0 Å². The molecule has 1 aliphatic carbocycles. The first kappa shape index (κ1) is 17.7. The van der Waals surface area contributed by atoms with Crippen molar-refractivity contribution in [3.63, 3.8) is 0 Å². The third kappa shape index (κ3) is 3.86. The first-order chi connectivity index (χ1) is 13.6. The van der Waals surface area contributed by atoms with Crippen LogP contribution in [-0.2, 0) is 4.79 Å². The summed E-state index contributed by atoms with van der Waals surface area (Å²) in [6.45, 7) is 2.03. The molecule has 0 bridgehead atoms. The molecular weight excluding hydrogens is 348 g/mol. The van der Waals surface area contributed by atoms with Gasteiger partial charge in [0.15, 0.2) is 0 Å². The largest absolute Gasteiger partial charge is 0.349 e. The number of rotatable bonds is 5. The lowest BCUT2D eigenvalue weighted by atomic mass is 10.0. The molecule has 0 radical (unpaired) electrons. The highest BCUT2D eigenvalue weighted by molar-refractivity contribution is 6.02. The summed E-state index contributed by atoms with van der Waals surface area (Å²) in [5, 5.41) is 17.1. The molecule has 1 fully saturated rings. The Hall–Kier alpha value is -3.65. The minimum Gasteiger partial charge on any atom is -0.349 e. The average Bonchev–Trinajstić information content (AvgIpc) is 3.43. The number of hydrogen-bond acceptors (Lipinski definition) is 3. The number of carbonyl (C=O) groups excluding carboxylic acids is 1.